The minimum absolute atomic E-state index is 0.670. The van der Waals surface area contributed by atoms with Gasteiger partial charge in [0.1, 0.15) is 0 Å². The molecule has 0 aromatic heterocycles. The SMILES string of the molecule is C=CCCCCCC(NCC)C1CCCOC1. The molecular weight excluding hydrogens is 210 g/mol. The predicted octanol–water partition coefficient (Wildman–Crippen LogP) is 3.53. The van der Waals surface area contributed by atoms with Gasteiger partial charge in [-0.25, -0.2) is 0 Å². The van der Waals surface area contributed by atoms with Crippen molar-refractivity contribution < 1.29 is 4.74 Å². The van der Waals surface area contributed by atoms with Gasteiger partial charge in [-0.3, -0.25) is 0 Å². The molecule has 2 atom stereocenters. The highest BCUT2D eigenvalue weighted by atomic mass is 16.5. The fourth-order valence-corrected chi connectivity index (χ4v) is 2.68. The van der Waals surface area contributed by atoms with Crippen LogP contribution in [0.5, 0.6) is 0 Å². The summed E-state index contributed by atoms with van der Waals surface area (Å²) in [5, 5.41) is 3.64. The lowest BCUT2D eigenvalue weighted by Gasteiger charge is -2.31. The second kappa shape index (κ2) is 9.67. The fraction of sp³-hybridized carbons (Fsp3) is 0.867. The molecule has 1 N–H and O–H groups in total. The van der Waals surface area contributed by atoms with Crippen LogP contribution in [-0.4, -0.2) is 25.8 Å². The topological polar surface area (TPSA) is 21.3 Å². The van der Waals surface area contributed by atoms with Gasteiger partial charge in [0.05, 0.1) is 6.61 Å². The zero-order chi connectivity index (χ0) is 12.3. The van der Waals surface area contributed by atoms with E-state index in [1.165, 1.54) is 44.9 Å². The second-order valence-electron chi connectivity index (χ2n) is 5.07. The third kappa shape index (κ3) is 6.23. The summed E-state index contributed by atoms with van der Waals surface area (Å²) >= 11 is 0. The highest BCUT2D eigenvalue weighted by molar-refractivity contribution is 4.78. The van der Waals surface area contributed by atoms with Gasteiger partial charge in [0, 0.05) is 12.6 Å². The minimum atomic E-state index is 0.670. The van der Waals surface area contributed by atoms with Gasteiger partial charge in [-0.1, -0.05) is 25.8 Å². The van der Waals surface area contributed by atoms with Crippen molar-refractivity contribution in [2.45, 2.75) is 57.9 Å². The van der Waals surface area contributed by atoms with E-state index < -0.39 is 0 Å². The highest BCUT2D eigenvalue weighted by Gasteiger charge is 2.22. The van der Waals surface area contributed by atoms with Gasteiger partial charge in [0.15, 0.2) is 0 Å². The van der Waals surface area contributed by atoms with E-state index in [1.54, 1.807) is 0 Å². The van der Waals surface area contributed by atoms with Crippen LogP contribution in [0.3, 0.4) is 0 Å². The summed E-state index contributed by atoms with van der Waals surface area (Å²) in [4.78, 5) is 0. The number of hydrogen-bond acceptors (Lipinski definition) is 2. The molecule has 1 heterocycles. The monoisotopic (exact) mass is 239 g/mol. The van der Waals surface area contributed by atoms with Gasteiger partial charge in [0.2, 0.25) is 0 Å². The van der Waals surface area contributed by atoms with Gasteiger partial charge >= 0.3 is 0 Å². The van der Waals surface area contributed by atoms with Crippen LogP contribution in [-0.2, 0) is 4.74 Å². The van der Waals surface area contributed by atoms with Crippen molar-refractivity contribution in [3.63, 3.8) is 0 Å². The molecule has 17 heavy (non-hydrogen) atoms. The van der Waals surface area contributed by atoms with Crippen molar-refractivity contribution in [1.82, 2.24) is 5.32 Å². The first-order valence-corrected chi connectivity index (χ1v) is 7.30. The average molecular weight is 239 g/mol. The van der Waals surface area contributed by atoms with Crippen LogP contribution in [0.2, 0.25) is 0 Å². The first kappa shape index (κ1) is 14.7. The van der Waals surface area contributed by atoms with E-state index in [-0.39, 0.29) is 0 Å². The van der Waals surface area contributed by atoms with E-state index in [9.17, 15) is 0 Å². The van der Waals surface area contributed by atoms with Crippen LogP contribution in [0.4, 0.5) is 0 Å². The second-order valence-corrected chi connectivity index (χ2v) is 5.07. The summed E-state index contributed by atoms with van der Waals surface area (Å²) in [6, 6.07) is 0.670. The number of hydrogen-bond donors (Lipinski definition) is 1. The van der Waals surface area contributed by atoms with Crippen molar-refractivity contribution in [2.24, 2.45) is 5.92 Å². The summed E-state index contributed by atoms with van der Waals surface area (Å²) in [6.45, 7) is 8.98. The Labute approximate surface area is 107 Å². The van der Waals surface area contributed by atoms with Crippen molar-refractivity contribution in [3.8, 4) is 0 Å². The number of ether oxygens (including phenoxy) is 1. The quantitative estimate of drug-likeness (QED) is 0.491. The largest absolute Gasteiger partial charge is 0.381 e. The Morgan fingerprint density at radius 2 is 2.29 bits per heavy atom. The summed E-state index contributed by atoms with van der Waals surface area (Å²) in [5.41, 5.74) is 0. The van der Waals surface area contributed by atoms with Crippen molar-refractivity contribution >= 4 is 0 Å². The smallest absolute Gasteiger partial charge is 0.0509 e. The molecule has 0 aromatic rings. The first-order chi connectivity index (χ1) is 8.38. The average Bonchev–Trinajstić information content (AvgIpc) is 2.38. The highest BCUT2D eigenvalue weighted by Crippen LogP contribution is 2.21. The Morgan fingerprint density at radius 3 is 2.94 bits per heavy atom. The molecule has 1 saturated heterocycles. The van der Waals surface area contributed by atoms with Gasteiger partial charge in [-0.2, -0.15) is 0 Å². The molecule has 100 valence electrons. The Hall–Kier alpha value is -0.340. The summed E-state index contributed by atoms with van der Waals surface area (Å²) in [6.07, 6.45) is 11.0. The van der Waals surface area contributed by atoms with Crippen LogP contribution >= 0.6 is 0 Å². The van der Waals surface area contributed by atoms with Gasteiger partial charge in [-0.05, 0) is 44.6 Å². The normalized spacial score (nSPS) is 22.3. The van der Waals surface area contributed by atoms with Crippen molar-refractivity contribution in [3.05, 3.63) is 12.7 Å². The standard InChI is InChI=1S/C15H29NO/c1-3-5-6-7-8-11-15(16-4-2)14-10-9-12-17-13-14/h3,14-16H,1,4-13H2,2H3. The molecule has 1 aliphatic rings. The summed E-state index contributed by atoms with van der Waals surface area (Å²) < 4.78 is 5.60. The zero-order valence-electron chi connectivity index (χ0n) is 11.4. The third-order valence-corrected chi connectivity index (χ3v) is 3.65. The van der Waals surface area contributed by atoms with Gasteiger partial charge < -0.3 is 10.1 Å². The number of unbranched alkanes of at least 4 members (excludes halogenated alkanes) is 3. The number of allylic oxidation sites excluding steroid dienone is 1. The Morgan fingerprint density at radius 1 is 1.41 bits per heavy atom. The molecule has 0 radical (unpaired) electrons. The maximum absolute atomic E-state index is 5.60. The molecule has 2 nitrogen and oxygen atoms in total. The van der Waals surface area contributed by atoms with E-state index in [0.29, 0.717) is 6.04 Å². The van der Waals surface area contributed by atoms with Crippen LogP contribution < -0.4 is 5.32 Å². The maximum Gasteiger partial charge on any atom is 0.0509 e. The predicted molar refractivity (Wildman–Crippen MR) is 74.3 cm³/mol. The lowest BCUT2D eigenvalue weighted by Crippen LogP contribution is -2.40. The van der Waals surface area contributed by atoms with Crippen molar-refractivity contribution in [1.29, 1.82) is 0 Å². The minimum Gasteiger partial charge on any atom is -0.381 e. The van der Waals surface area contributed by atoms with Crippen LogP contribution in [0.1, 0.15) is 51.9 Å². The lowest BCUT2D eigenvalue weighted by atomic mass is 9.90. The molecule has 0 saturated carbocycles. The summed E-state index contributed by atoms with van der Waals surface area (Å²) in [7, 11) is 0. The Balaban J connectivity index is 2.19. The van der Waals surface area contributed by atoms with Gasteiger partial charge in [-0.15, -0.1) is 6.58 Å². The van der Waals surface area contributed by atoms with E-state index in [1.807, 2.05) is 6.08 Å². The van der Waals surface area contributed by atoms with E-state index in [0.717, 1.165) is 25.7 Å². The molecule has 0 bridgehead atoms. The molecular formula is C15H29NO. The molecule has 0 amide bonds. The first-order valence-electron chi connectivity index (χ1n) is 7.30. The van der Waals surface area contributed by atoms with Crippen LogP contribution in [0, 0.1) is 5.92 Å². The molecule has 2 unspecified atom stereocenters. The van der Waals surface area contributed by atoms with Gasteiger partial charge in [0.25, 0.3) is 0 Å². The fourth-order valence-electron chi connectivity index (χ4n) is 2.68. The van der Waals surface area contributed by atoms with E-state index in [2.05, 4.69) is 18.8 Å². The van der Waals surface area contributed by atoms with Crippen molar-refractivity contribution in [2.75, 3.05) is 19.8 Å². The molecule has 0 aliphatic carbocycles. The molecule has 0 aromatic carbocycles. The Kier molecular flexibility index (Phi) is 8.37. The zero-order valence-corrected chi connectivity index (χ0v) is 11.4. The molecule has 1 aliphatic heterocycles. The molecule has 1 fully saturated rings. The van der Waals surface area contributed by atoms with E-state index in [4.69, 9.17) is 4.74 Å². The van der Waals surface area contributed by atoms with E-state index >= 15 is 0 Å². The van der Waals surface area contributed by atoms with Crippen LogP contribution in [0.15, 0.2) is 12.7 Å². The lowest BCUT2D eigenvalue weighted by molar-refractivity contribution is 0.0378. The maximum atomic E-state index is 5.60. The number of rotatable bonds is 9. The summed E-state index contributed by atoms with van der Waals surface area (Å²) in [5.74, 6) is 0.739. The Bertz CT molecular complexity index is 187. The molecule has 1 rings (SSSR count). The third-order valence-electron chi connectivity index (χ3n) is 3.65. The molecule has 0 spiro atoms. The van der Waals surface area contributed by atoms with Crippen LogP contribution in [0.25, 0.3) is 0 Å². The molecule has 2 heteroatoms. The number of nitrogens with one attached hydrogen (secondary N) is 1.